The molecule has 0 aromatic heterocycles. The molecule has 0 bridgehead atoms. The molecule has 4 rings (SSSR count). The highest BCUT2D eigenvalue weighted by molar-refractivity contribution is 6.77. The fraction of sp³-hybridized carbons (Fsp3) is 0.949. The molecule has 8 heteroatoms. The van der Waals surface area contributed by atoms with E-state index in [1.54, 1.807) is 0 Å². The number of rotatable bonds is 14. The lowest BCUT2D eigenvalue weighted by Crippen LogP contribution is -2.62. The molecule has 0 unspecified atom stereocenters. The van der Waals surface area contributed by atoms with E-state index >= 15 is 0 Å². The molecule has 7 nitrogen and oxygen atoms in total. The van der Waals surface area contributed by atoms with Crippen molar-refractivity contribution >= 4 is 8.32 Å². The third kappa shape index (κ3) is 8.27. The van der Waals surface area contributed by atoms with Crippen molar-refractivity contribution in [3.63, 3.8) is 0 Å². The van der Waals surface area contributed by atoms with Crippen molar-refractivity contribution in [2.75, 3.05) is 0 Å². The summed E-state index contributed by atoms with van der Waals surface area (Å²) in [5, 5.41) is 11.6. The van der Waals surface area contributed by atoms with Crippen molar-refractivity contribution < 1.29 is 33.2 Å². The highest BCUT2D eigenvalue weighted by Gasteiger charge is 2.57. The van der Waals surface area contributed by atoms with Crippen molar-refractivity contribution in [3.8, 4) is 0 Å². The van der Waals surface area contributed by atoms with Crippen LogP contribution in [0.1, 0.15) is 154 Å². The van der Waals surface area contributed by atoms with Gasteiger partial charge in [-0.25, -0.2) is 0 Å². The zero-order valence-corrected chi connectivity index (χ0v) is 33.4. The van der Waals surface area contributed by atoms with Crippen LogP contribution in [0.2, 0.25) is 16.6 Å². The average Bonchev–Trinajstić information content (AvgIpc) is 3.67. The van der Waals surface area contributed by atoms with E-state index in [-0.39, 0.29) is 42.2 Å². The van der Waals surface area contributed by atoms with Crippen molar-refractivity contribution in [2.45, 2.75) is 236 Å². The largest absolute Gasteiger partial charge is 0.410 e. The van der Waals surface area contributed by atoms with Gasteiger partial charge < -0.3 is 33.2 Å². The monoisotopic (exact) mass is 681 g/mol. The second kappa shape index (κ2) is 14.4. The van der Waals surface area contributed by atoms with E-state index in [1.165, 1.54) is 0 Å². The van der Waals surface area contributed by atoms with Gasteiger partial charge in [0.1, 0.15) is 0 Å². The van der Waals surface area contributed by atoms with E-state index in [4.69, 9.17) is 28.1 Å². The first-order chi connectivity index (χ1) is 21.6. The smallest absolute Gasteiger partial charge is 0.200 e. The van der Waals surface area contributed by atoms with Crippen LogP contribution in [0.15, 0.2) is 12.7 Å². The molecule has 0 spiro atoms. The Balaban J connectivity index is 1.39. The Morgan fingerprint density at radius 1 is 0.872 bits per heavy atom. The Labute approximate surface area is 289 Å². The molecule has 0 saturated carbocycles. The zero-order valence-electron chi connectivity index (χ0n) is 32.4. The minimum atomic E-state index is -2.09. The Bertz CT molecular complexity index is 1030. The number of hydrogen-bond acceptors (Lipinski definition) is 7. The molecule has 4 heterocycles. The Morgan fingerprint density at radius 2 is 1.47 bits per heavy atom. The minimum Gasteiger partial charge on any atom is -0.410 e. The summed E-state index contributed by atoms with van der Waals surface area (Å²) in [5.74, 6) is -0.608. The number of allylic oxidation sites excluding steroid dienone is 1. The molecule has 0 radical (unpaired) electrons. The molecule has 0 aromatic rings. The van der Waals surface area contributed by atoms with Gasteiger partial charge in [0.05, 0.1) is 59.0 Å². The summed E-state index contributed by atoms with van der Waals surface area (Å²) in [7, 11) is -2.09. The maximum absolute atomic E-state index is 11.6. The van der Waals surface area contributed by atoms with Crippen LogP contribution in [0, 0.1) is 0 Å². The van der Waals surface area contributed by atoms with Gasteiger partial charge in [-0.3, -0.25) is 0 Å². The van der Waals surface area contributed by atoms with Crippen molar-refractivity contribution in [3.05, 3.63) is 12.7 Å². The average molecular weight is 681 g/mol. The van der Waals surface area contributed by atoms with E-state index < -0.39 is 30.9 Å². The maximum Gasteiger partial charge on any atom is 0.200 e. The van der Waals surface area contributed by atoms with Crippen LogP contribution in [-0.2, 0) is 28.1 Å². The lowest BCUT2D eigenvalue weighted by Gasteiger charge is -2.55. The molecule has 0 aliphatic carbocycles. The standard InChI is InChI=1S/C39H72O7Si/c1-15-16-23-38(13)34(44-47(26(2)3,27(4)5)28(6)7)22-25-39(14,46-38)33-20-18-30(42-33)29-17-19-32(41-29)37(12,40)24-21-31-35(8,9)45-36(10,11)43-31/h15,26-34,40H,1,16-25H2,2-14H3/t29-,30+,31-,32+,33+,34+,37-,38-,39-/m1/s1. The Kier molecular flexibility index (Phi) is 12.1. The highest BCUT2D eigenvalue weighted by atomic mass is 28.4. The van der Waals surface area contributed by atoms with Crippen LogP contribution in [0.3, 0.4) is 0 Å². The molecule has 4 aliphatic rings. The van der Waals surface area contributed by atoms with Gasteiger partial charge >= 0.3 is 0 Å². The van der Waals surface area contributed by atoms with Gasteiger partial charge in [0.25, 0.3) is 0 Å². The van der Waals surface area contributed by atoms with Crippen LogP contribution in [0.25, 0.3) is 0 Å². The quantitative estimate of drug-likeness (QED) is 0.145. The Hall–Kier alpha value is -0.323. The second-order valence-corrected chi connectivity index (χ2v) is 23.5. The fourth-order valence-corrected chi connectivity index (χ4v) is 15.7. The van der Waals surface area contributed by atoms with Crippen molar-refractivity contribution in [2.24, 2.45) is 0 Å². The van der Waals surface area contributed by atoms with E-state index in [9.17, 15) is 5.11 Å². The summed E-state index contributed by atoms with van der Waals surface area (Å²) in [4.78, 5) is 0. The topological polar surface area (TPSA) is 75.6 Å². The molecule has 274 valence electrons. The molecule has 4 fully saturated rings. The van der Waals surface area contributed by atoms with Crippen molar-refractivity contribution in [1.29, 1.82) is 0 Å². The molecule has 4 saturated heterocycles. The van der Waals surface area contributed by atoms with Gasteiger partial charge in [-0.05, 0) is 129 Å². The third-order valence-corrected chi connectivity index (χ3v) is 18.6. The minimum absolute atomic E-state index is 0.00654. The van der Waals surface area contributed by atoms with E-state index in [1.807, 2.05) is 26.8 Å². The number of ether oxygens (including phenoxy) is 5. The van der Waals surface area contributed by atoms with Gasteiger partial charge in [-0.15, -0.1) is 6.58 Å². The van der Waals surface area contributed by atoms with E-state index in [2.05, 4.69) is 75.8 Å². The van der Waals surface area contributed by atoms with E-state index in [0.717, 1.165) is 57.8 Å². The lowest BCUT2D eigenvalue weighted by molar-refractivity contribution is -0.258. The first kappa shape index (κ1) is 39.5. The third-order valence-electron chi connectivity index (χ3n) is 12.5. The molecule has 1 N–H and O–H groups in total. The summed E-state index contributed by atoms with van der Waals surface area (Å²) < 4.78 is 40.5. The van der Waals surface area contributed by atoms with Crippen LogP contribution in [-0.4, -0.2) is 78.2 Å². The van der Waals surface area contributed by atoms with Gasteiger partial charge in [0.2, 0.25) is 8.32 Å². The Morgan fingerprint density at radius 3 is 2.02 bits per heavy atom. The fourth-order valence-electron chi connectivity index (χ4n) is 10.0. The van der Waals surface area contributed by atoms with Crippen LogP contribution < -0.4 is 0 Å². The summed E-state index contributed by atoms with van der Waals surface area (Å²) in [6, 6.07) is 0. The molecule has 9 atom stereocenters. The molecular weight excluding hydrogens is 609 g/mol. The summed E-state index contributed by atoms with van der Waals surface area (Å²) >= 11 is 0. The SMILES string of the molecule is C=CCC[C@@]1(C)O[C@@](C)([C@@H]2CC[C@@H]([C@H]3CC[C@@H]([C@](C)(O)CC[C@H]4OC(C)(C)OC4(C)C)O3)O2)CC[C@@H]1O[Si](C(C)C)(C(C)C)C(C)C. The van der Waals surface area contributed by atoms with Gasteiger partial charge in [0.15, 0.2) is 5.79 Å². The predicted molar refractivity (Wildman–Crippen MR) is 192 cm³/mol. The van der Waals surface area contributed by atoms with Crippen molar-refractivity contribution in [1.82, 2.24) is 0 Å². The second-order valence-electron chi connectivity index (χ2n) is 18.1. The molecular formula is C39H72O7Si. The highest BCUT2D eigenvalue weighted by Crippen LogP contribution is 2.51. The molecule has 0 aromatic carbocycles. The molecule has 0 amide bonds. The predicted octanol–water partition coefficient (Wildman–Crippen LogP) is 9.40. The number of hydrogen-bond donors (Lipinski definition) is 1. The van der Waals surface area contributed by atoms with Crippen LogP contribution in [0.5, 0.6) is 0 Å². The first-order valence-corrected chi connectivity index (χ1v) is 21.1. The lowest BCUT2D eigenvalue weighted by atomic mass is 9.79. The van der Waals surface area contributed by atoms with Gasteiger partial charge in [0, 0.05) is 0 Å². The molecule has 4 aliphatic heterocycles. The normalized spacial score (nSPS) is 38.8. The van der Waals surface area contributed by atoms with Gasteiger partial charge in [-0.2, -0.15) is 0 Å². The zero-order chi connectivity index (χ0) is 35.2. The molecule has 47 heavy (non-hydrogen) atoms. The van der Waals surface area contributed by atoms with Gasteiger partial charge in [-0.1, -0.05) is 47.6 Å². The summed E-state index contributed by atoms with van der Waals surface area (Å²) in [6.07, 6.45) is 10.4. The first-order valence-electron chi connectivity index (χ1n) is 19.0. The van der Waals surface area contributed by atoms with E-state index in [0.29, 0.717) is 23.0 Å². The summed E-state index contributed by atoms with van der Waals surface area (Å²) in [5.41, 5.74) is -0.560. The summed E-state index contributed by atoms with van der Waals surface area (Å²) in [6.45, 7) is 32.7. The van der Waals surface area contributed by atoms with Crippen LogP contribution >= 0.6 is 0 Å². The van der Waals surface area contributed by atoms with Crippen LogP contribution in [0.4, 0.5) is 0 Å². The maximum atomic E-state index is 11.6. The number of aliphatic hydroxyl groups is 1.